The Balaban J connectivity index is 2.59. The van der Waals surface area contributed by atoms with E-state index in [1.165, 1.54) is 4.90 Å². The van der Waals surface area contributed by atoms with Crippen molar-refractivity contribution >= 4 is 11.5 Å². The van der Waals surface area contributed by atoms with Crippen LogP contribution in [0.15, 0.2) is 55.1 Å². The normalized spacial score (nSPS) is 9.91. The SMILES string of the molecule is C=C(N)N(C(=N)c1cccnc1)c1c(OC)cccc1OC. The molecule has 0 saturated carbocycles. The van der Waals surface area contributed by atoms with Crippen molar-refractivity contribution in [2.75, 3.05) is 19.1 Å². The highest BCUT2D eigenvalue weighted by atomic mass is 16.5. The molecule has 0 atom stereocenters. The highest BCUT2D eigenvalue weighted by Gasteiger charge is 2.23. The summed E-state index contributed by atoms with van der Waals surface area (Å²) < 4.78 is 10.7. The zero-order chi connectivity index (χ0) is 16.1. The third-order valence-electron chi connectivity index (χ3n) is 3.07. The molecule has 114 valence electrons. The first-order valence-electron chi connectivity index (χ1n) is 6.54. The van der Waals surface area contributed by atoms with Crippen molar-refractivity contribution in [3.63, 3.8) is 0 Å². The number of aromatic nitrogens is 1. The van der Waals surface area contributed by atoms with Gasteiger partial charge in [-0.1, -0.05) is 12.6 Å². The van der Waals surface area contributed by atoms with Gasteiger partial charge >= 0.3 is 0 Å². The summed E-state index contributed by atoms with van der Waals surface area (Å²) >= 11 is 0. The average molecular weight is 298 g/mol. The number of pyridine rings is 1. The molecule has 1 heterocycles. The molecule has 1 aromatic carbocycles. The van der Waals surface area contributed by atoms with Crippen molar-refractivity contribution < 1.29 is 9.47 Å². The maximum atomic E-state index is 8.43. The van der Waals surface area contributed by atoms with Gasteiger partial charge in [-0.2, -0.15) is 0 Å². The van der Waals surface area contributed by atoms with E-state index in [9.17, 15) is 0 Å². The van der Waals surface area contributed by atoms with E-state index in [2.05, 4.69) is 11.6 Å². The van der Waals surface area contributed by atoms with Crippen LogP contribution < -0.4 is 20.1 Å². The maximum Gasteiger partial charge on any atom is 0.146 e. The van der Waals surface area contributed by atoms with Crippen LogP contribution in [0, 0.1) is 5.41 Å². The second-order valence-electron chi connectivity index (χ2n) is 4.43. The zero-order valence-electron chi connectivity index (χ0n) is 12.5. The molecule has 0 bridgehead atoms. The Kier molecular flexibility index (Phi) is 4.63. The van der Waals surface area contributed by atoms with Crippen LogP contribution in [0.1, 0.15) is 5.56 Å². The minimum Gasteiger partial charge on any atom is -0.494 e. The molecule has 2 rings (SSSR count). The Hall–Kier alpha value is -3.02. The van der Waals surface area contributed by atoms with Crippen molar-refractivity contribution in [2.45, 2.75) is 0 Å². The van der Waals surface area contributed by atoms with Crippen LogP contribution in [0.2, 0.25) is 0 Å². The Bertz CT molecular complexity index is 664. The summed E-state index contributed by atoms with van der Waals surface area (Å²) in [5.74, 6) is 1.36. The van der Waals surface area contributed by atoms with Gasteiger partial charge in [0.2, 0.25) is 0 Å². The number of hydrogen-bond acceptors (Lipinski definition) is 5. The van der Waals surface area contributed by atoms with Crippen molar-refractivity contribution in [1.29, 1.82) is 5.41 Å². The van der Waals surface area contributed by atoms with E-state index in [-0.39, 0.29) is 11.7 Å². The van der Waals surface area contributed by atoms with Crippen LogP contribution in [-0.2, 0) is 0 Å². The third-order valence-corrected chi connectivity index (χ3v) is 3.07. The fourth-order valence-electron chi connectivity index (χ4n) is 2.08. The Morgan fingerprint density at radius 1 is 1.18 bits per heavy atom. The quantitative estimate of drug-likeness (QED) is 0.654. The number of nitrogens with zero attached hydrogens (tertiary/aromatic N) is 2. The number of anilines is 1. The molecule has 0 unspecified atom stereocenters. The first kappa shape index (κ1) is 15.4. The number of nitrogens with one attached hydrogen (secondary N) is 1. The standard InChI is InChI=1S/C16H18N4O2/c1-11(17)20(16(18)12-6-5-9-19-10-12)15-13(21-2)7-4-8-14(15)22-3/h4-10,18H,1,17H2,2-3H3. The lowest BCUT2D eigenvalue weighted by atomic mass is 10.2. The molecule has 6 nitrogen and oxygen atoms in total. The number of rotatable bonds is 5. The third kappa shape index (κ3) is 2.85. The molecule has 0 aliphatic rings. The van der Waals surface area contributed by atoms with Gasteiger partial charge in [0.1, 0.15) is 28.8 Å². The summed E-state index contributed by atoms with van der Waals surface area (Å²) in [7, 11) is 3.09. The van der Waals surface area contributed by atoms with Crippen molar-refractivity contribution in [3.05, 3.63) is 60.7 Å². The van der Waals surface area contributed by atoms with Crippen LogP contribution in [0.5, 0.6) is 11.5 Å². The lowest BCUT2D eigenvalue weighted by Gasteiger charge is -2.27. The van der Waals surface area contributed by atoms with Crippen LogP contribution in [0.25, 0.3) is 0 Å². The number of amidine groups is 1. The molecular weight excluding hydrogens is 280 g/mol. The van der Waals surface area contributed by atoms with Gasteiger partial charge in [0.15, 0.2) is 0 Å². The van der Waals surface area contributed by atoms with E-state index in [4.69, 9.17) is 20.6 Å². The monoisotopic (exact) mass is 298 g/mol. The predicted molar refractivity (Wildman–Crippen MR) is 86.4 cm³/mol. The molecule has 0 radical (unpaired) electrons. The first-order chi connectivity index (χ1) is 10.6. The minimum atomic E-state index is 0.128. The van der Waals surface area contributed by atoms with E-state index in [1.807, 2.05) is 0 Å². The maximum absolute atomic E-state index is 8.43. The van der Waals surface area contributed by atoms with Gasteiger partial charge in [0.05, 0.1) is 14.2 Å². The van der Waals surface area contributed by atoms with E-state index in [1.54, 1.807) is 56.9 Å². The number of ether oxygens (including phenoxy) is 2. The molecule has 1 aromatic heterocycles. The number of benzene rings is 1. The van der Waals surface area contributed by atoms with E-state index >= 15 is 0 Å². The van der Waals surface area contributed by atoms with Gasteiger partial charge < -0.3 is 15.2 Å². The molecule has 3 N–H and O–H groups in total. The lowest BCUT2D eigenvalue weighted by Crippen LogP contribution is -2.34. The molecule has 22 heavy (non-hydrogen) atoms. The van der Waals surface area contributed by atoms with Gasteiger partial charge in [-0.25, -0.2) is 0 Å². The van der Waals surface area contributed by atoms with Crippen molar-refractivity contribution in [2.24, 2.45) is 5.73 Å². The molecule has 0 aliphatic heterocycles. The van der Waals surface area contributed by atoms with Crippen molar-refractivity contribution in [3.8, 4) is 11.5 Å². The molecule has 0 aliphatic carbocycles. The number of para-hydroxylation sites is 1. The molecule has 0 fully saturated rings. The smallest absolute Gasteiger partial charge is 0.146 e. The minimum absolute atomic E-state index is 0.128. The summed E-state index contributed by atoms with van der Waals surface area (Å²) in [5, 5.41) is 8.43. The molecule has 0 spiro atoms. The van der Waals surface area contributed by atoms with E-state index in [0.29, 0.717) is 22.7 Å². The second kappa shape index (κ2) is 6.62. The van der Waals surface area contributed by atoms with E-state index < -0.39 is 0 Å². The fourth-order valence-corrected chi connectivity index (χ4v) is 2.08. The van der Waals surface area contributed by atoms with Gasteiger partial charge in [0.25, 0.3) is 0 Å². The summed E-state index contributed by atoms with van der Waals surface area (Å²) in [6.07, 6.45) is 3.22. The van der Waals surface area contributed by atoms with Crippen LogP contribution in [0.3, 0.4) is 0 Å². The van der Waals surface area contributed by atoms with Gasteiger partial charge in [-0.3, -0.25) is 15.3 Å². The van der Waals surface area contributed by atoms with E-state index in [0.717, 1.165) is 0 Å². The van der Waals surface area contributed by atoms with Gasteiger partial charge in [-0.05, 0) is 24.3 Å². The average Bonchev–Trinajstić information content (AvgIpc) is 2.55. The Labute approximate surface area is 129 Å². The topological polar surface area (TPSA) is 84.5 Å². The van der Waals surface area contributed by atoms with Gasteiger partial charge in [-0.15, -0.1) is 0 Å². The van der Waals surface area contributed by atoms with Gasteiger partial charge in [0, 0.05) is 18.0 Å². The molecule has 0 saturated heterocycles. The van der Waals surface area contributed by atoms with Crippen molar-refractivity contribution in [1.82, 2.24) is 4.98 Å². The predicted octanol–water partition coefficient (Wildman–Crippen LogP) is 2.36. The molecule has 6 heteroatoms. The van der Waals surface area contributed by atoms with Crippen LogP contribution in [-0.4, -0.2) is 25.0 Å². The fraction of sp³-hybridized carbons (Fsp3) is 0.125. The second-order valence-corrected chi connectivity index (χ2v) is 4.43. The number of hydrogen-bond donors (Lipinski definition) is 2. The van der Waals surface area contributed by atoms with Crippen LogP contribution >= 0.6 is 0 Å². The molecule has 0 amide bonds. The molecule has 2 aromatic rings. The Morgan fingerprint density at radius 3 is 2.27 bits per heavy atom. The lowest BCUT2D eigenvalue weighted by molar-refractivity contribution is 0.396. The number of methoxy groups -OCH3 is 2. The largest absolute Gasteiger partial charge is 0.494 e. The summed E-state index contributed by atoms with van der Waals surface area (Å²) in [6, 6.07) is 8.86. The first-order valence-corrected chi connectivity index (χ1v) is 6.54. The highest BCUT2D eigenvalue weighted by Crippen LogP contribution is 2.39. The summed E-state index contributed by atoms with van der Waals surface area (Å²) in [6.45, 7) is 3.76. The zero-order valence-corrected chi connectivity index (χ0v) is 12.5. The molecular formula is C16H18N4O2. The van der Waals surface area contributed by atoms with Crippen LogP contribution in [0.4, 0.5) is 5.69 Å². The summed E-state index contributed by atoms with van der Waals surface area (Å²) in [5.41, 5.74) is 7.03. The number of nitrogens with two attached hydrogens (primary N) is 1. The summed E-state index contributed by atoms with van der Waals surface area (Å²) in [4.78, 5) is 5.49. The highest BCUT2D eigenvalue weighted by molar-refractivity contribution is 6.11. The Morgan fingerprint density at radius 2 is 1.82 bits per heavy atom.